The molecule has 4 rings (SSSR count). The van der Waals surface area contributed by atoms with E-state index in [9.17, 15) is 4.79 Å². The summed E-state index contributed by atoms with van der Waals surface area (Å²) >= 11 is 0. The minimum Gasteiger partial charge on any atom is -0.493 e. The van der Waals surface area contributed by atoms with E-state index < -0.39 is 0 Å². The molecular formula is C22H21N5O3. The van der Waals surface area contributed by atoms with E-state index in [0.29, 0.717) is 45.7 Å². The number of carbonyl (C=O) groups is 1. The van der Waals surface area contributed by atoms with Gasteiger partial charge in [0.15, 0.2) is 11.5 Å². The zero-order valence-electron chi connectivity index (χ0n) is 17.2. The number of aromatic nitrogens is 4. The number of carbonyl (C=O) groups excluding carboxylic acids is 1. The van der Waals surface area contributed by atoms with E-state index >= 15 is 0 Å². The van der Waals surface area contributed by atoms with Gasteiger partial charge >= 0.3 is 0 Å². The Labute approximate surface area is 173 Å². The Morgan fingerprint density at radius 1 is 0.967 bits per heavy atom. The summed E-state index contributed by atoms with van der Waals surface area (Å²) in [6.45, 7) is 0. The van der Waals surface area contributed by atoms with Crippen molar-refractivity contribution >= 4 is 17.5 Å². The second-order valence-corrected chi connectivity index (χ2v) is 6.79. The van der Waals surface area contributed by atoms with Gasteiger partial charge in [0.2, 0.25) is 17.5 Å². The molecule has 8 nitrogen and oxygen atoms in total. The van der Waals surface area contributed by atoms with Gasteiger partial charge in [-0.2, -0.15) is 4.98 Å². The first-order chi connectivity index (χ1) is 14.5. The van der Waals surface area contributed by atoms with Crippen molar-refractivity contribution in [2.75, 3.05) is 33.2 Å². The lowest BCUT2D eigenvalue weighted by atomic mass is 10.0. The summed E-state index contributed by atoms with van der Waals surface area (Å²) < 4.78 is 12.4. The first-order valence-corrected chi connectivity index (χ1v) is 9.28. The molecule has 0 aliphatic rings. The monoisotopic (exact) mass is 403 g/mol. The number of benzene rings is 2. The van der Waals surface area contributed by atoms with Crippen molar-refractivity contribution in [2.24, 2.45) is 0 Å². The van der Waals surface area contributed by atoms with Crippen LogP contribution in [0, 0.1) is 0 Å². The summed E-state index contributed by atoms with van der Waals surface area (Å²) in [5.41, 5.74) is 2.14. The van der Waals surface area contributed by atoms with E-state index in [2.05, 4.69) is 15.0 Å². The molecule has 2 heterocycles. The van der Waals surface area contributed by atoms with Crippen LogP contribution in [0.15, 0.2) is 54.9 Å². The quantitative estimate of drug-likeness (QED) is 0.458. The molecule has 4 aromatic rings. The number of rotatable bonds is 6. The molecule has 0 spiro atoms. The molecule has 2 aromatic heterocycles. The highest BCUT2D eigenvalue weighted by Gasteiger charge is 2.24. The Bertz CT molecular complexity index is 1220. The van der Waals surface area contributed by atoms with Gasteiger partial charge in [0, 0.05) is 25.2 Å². The topological polar surface area (TPSA) is 81.9 Å². The third-order valence-corrected chi connectivity index (χ3v) is 4.69. The van der Waals surface area contributed by atoms with Crippen LogP contribution in [0.4, 0.5) is 5.95 Å². The molecule has 0 saturated carbocycles. The number of nitrogens with zero attached hydrogens (tertiary/aromatic N) is 5. The van der Waals surface area contributed by atoms with Crippen LogP contribution < -0.4 is 14.4 Å². The zero-order chi connectivity index (χ0) is 21.3. The SMILES string of the molecule is COc1ccc(-c2nc3nc(N(C)C)ncn3c2C(=O)c2ccccc2)cc1OC. The van der Waals surface area contributed by atoms with E-state index in [0.717, 1.165) is 0 Å². The zero-order valence-corrected chi connectivity index (χ0v) is 17.2. The molecule has 0 atom stereocenters. The van der Waals surface area contributed by atoms with Crippen molar-refractivity contribution < 1.29 is 14.3 Å². The lowest BCUT2D eigenvalue weighted by Crippen LogP contribution is -2.14. The maximum atomic E-state index is 13.4. The normalized spacial score (nSPS) is 10.8. The molecule has 0 radical (unpaired) electrons. The van der Waals surface area contributed by atoms with E-state index in [4.69, 9.17) is 9.47 Å². The predicted molar refractivity (Wildman–Crippen MR) is 114 cm³/mol. The minimum absolute atomic E-state index is 0.172. The van der Waals surface area contributed by atoms with Crippen molar-refractivity contribution in [3.05, 3.63) is 66.1 Å². The Balaban J connectivity index is 1.97. The molecule has 8 heteroatoms. The van der Waals surface area contributed by atoms with Gasteiger partial charge in [-0.25, -0.2) is 9.97 Å². The van der Waals surface area contributed by atoms with Gasteiger partial charge in [0.05, 0.1) is 14.2 Å². The van der Waals surface area contributed by atoms with Crippen LogP contribution in [-0.4, -0.2) is 53.5 Å². The Kier molecular flexibility index (Phi) is 5.05. The standard InChI is InChI=1S/C22H21N5O3/c1-26(2)21-23-13-27-19(20(28)14-8-6-5-7-9-14)18(24-22(27)25-21)15-10-11-16(29-3)17(12-15)30-4/h5-13H,1-4H3. The van der Waals surface area contributed by atoms with Crippen LogP contribution >= 0.6 is 0 Å². The number of hydrogen-bond acceptors (Lipinski definition) is 7. The van der Waals surface area contributed by atoms with E-state index in [-0.39, 0.29) is 5.78 Å². The maximum absolute atomic E-state index is 13.4. The highest BCUT2D eigenvalue weighted by atomic mass is 16.5. The second-order valence-electron chi connectivity index (χ2n) is 6.79. The fourth-order valence-corrected chi connectivity index (χ4v) is 3.18. The lowest BCUT2D eigenvalue weighted by molar-refractivity contribution is 0.103. The summed E-state index contributed by atoms with van der Waals surface area (Å²) in [5.74, 6) is 1.86. The van der Waals surface area contributed by atoms with E-state index in [1.807, 2.05) is 38.4 Å². The Morgan fingerprint density at radius 3 is 2.37 bits per heavy atom. The summed E-state index contributed by atoms with van der Waals surface area (Å²) in [6, 6.07) is 14.5. The number of imidazole rings is 1. The fourth-order valence-electron chi connectivity index (χ4n) is 3.18. The fraction of sp³-hybridized carbons (Fsp3) is 0.182. The second kappa shape index (κ2) is 7.82. The molecule has 2 aromatic carbocycles. The smallest absolute Gasteiger partial charge is 0.239 e. The number of fused-ring (bicyclic) bond motifs is 1. The highest BCUT2D eigenvalue weighted by molar-refractivity contribution is 6.11. The number of methoxy groups -OCH3 is 2. The van der Waals surface area contributed by atoms with Gasteiger partial charge in [-0.15, -0.1) is 0 Å². The highest BCUT2D eigenvalue weighted by Crippen LogP contribution is 2.34. The third-order valence-electron chi connectivity index (χ3n) is 4.69. The van der Waals surface area contributed by atoms with Gasteiger partial charge in [-0.05, 0) is 18.2 Å². The number of hydrogen-bond donors (Lipinski definition) is 0. The number of ketones is 1. The third kappa shape index (κ3) is 3.32. The Morgan fingerprint density at radius 2 is 1.70 bits per heavy atom. The summed E-state index contributed by atoms with van der Waals surface area (Å²) in [4.78, 5) is 28.7. The van der Waals surface area contributed by atoms with Crippen molar-refractivity contribution in [1.82, 2.24) is 19.4 Å². The van der Waals surface area contributed by atoms with Crippen molar-refractivity contribution in [3.63, 3.8) is 0 Å². The number of anilines is 1. The van der Waals surface area contributed by atoms with Gasteiger partial charge < -0.3 is 14.4 Å². The van der Waals surface area contributed by atoms with Gasteiger partial charge in [-0.3, -0.25) is 9.20 Å². The minimum atomic E-state index is -0.172. The summed E-state index contributed by atoms with van der Waals surface area (Å²) in [6.07, 6.45) is 1.57. The molecule has 0 aliphatic heterocycles. The average molecular weight is 403 g/mol. The number of ether oxygens (including phenoxy) is 2. The Hall–Kier alpha value is -3.94. The molecule has 0 unspecified atom stereocenters. The maximum Gasteiger partial charge on any atom is 0.239 e. The van der Waals surface area contributed by atoms with Gasteiger partial charge in [-0.1, -0.05) is 30.3 Å². The van der Waals surface area contributed by atoms with Gasteiger partial charge in [0.25, 0.3) is 0 Å². The summed E-state index contributed by atoms with van der Waals surface area (Å²) in [7, 11) is 6.83. The van der Waals surface area contributed by atoms with Crippen LogP contribution in [0.2, 0.25) is 0 Å². The molecule has 0 fully saturated rings. The lowest BCUT2D eigenvalue weighted by Gasteiger charge is -2.10. The molecule has 0 bridgehead atoms. The summed E-state index contributed by atoms with van der Waals surface area (Å²) in [5, 5.41) is 0. The molecule has 30 heavy (non-hydrogen) atoms. The molecule has 0 aliphatic carbocycles. The van der Waals surface area contributed by atoms with Crippen LogP contribution in [-0.2, 0) is 0 Å². The van der Waals surface area contributed by atoms with Crippen LogP contribution in [0.3, 0.4) is 0 Å². The molecule has 0 saturated heterocycles. The first-order valence-electron chi connectivity index (χ1n) is 9.28. The van der Waals surface area contributed by atoms with E-state index in [1.165, 1.54) is 0 Å². The van der Waals surface area contributed by atoms with Crippen molar-refractivity contribution in [3.8, 4) is 22.8 Å². The molecule has 152 valence electrons. The average Bonchev–Trinajstić information content (AvgIpc) is 3.17. The molecule has 0 amide bonds. The molecular weight excluding hydrogens is 382 g/mol. The van der Waals surface area contributed by atoms with Gasteiger partial charge in [0.1, 0.15) is 17.7 Å². The predicted octanol–water partition coefficient (Wildman–Crippen LogP) is 3.11. The van der Waals surface area contributed by atoms with E-state index in [1.54, 1.807) is 54.1 Å². The van der Waals surface area contributed by atoms with Crippen molar-refractivity contribution in [2.45, 2.75) is 0 Å². The first kappa shape index (κ1) is 19.4. The largest absolute Gasteiger partial charge is 0.493 e. The van der Waals surface area contributed by atoms with Crippen LogP contribution in [0.1, 0.15) is 16.1 Å². The van der Waals surface area contributed by atoms with Crippen LogP contribution in [0.25, 0.3) is 17.0 Å². The molecule has 0 N–H and O–H groups in total. The van der Waals surface area contributed by atoms with Crippen LogP contribution in [0.5, 0.6) is 11.5 Å². The van der Waals surface area contributed by atoms with Crippen molar-refractivity contribution in [1.29, 1.82) is 0 Å².